The number of hydrogen-bond acceptors (Lipinski definition) is 12. The number of ether oxygens (including phenoxy) is 2. The second-order valence-electron chi connectivity index (χ2n) is 7.68. The number of β-lactam (4-membered cyclic amide) rings is 1. The van der Waals surface area contributed by atoms with Gasteiger partial charge in [-0.05, 0) is 30.2 Å². The minimum Gasteiger partial charge on any atom is -0.497 e. The Hall–Kier alpha value is -3.36. The number of rotatable bonds is 10. The zero-order valence-electron chi connectivity index (χ0n) is 19.8. The maximum absolute atomic E-state index is 13.1. The van der Waals surface area contributed by atoms with E-state index in [0.717, 1.165) is 17.1 Å². The third-order valence-electron chi connectivity index (χ3n) is 5.37. The number of nitrogen functional groups attached to an aromatic ring is 1. The number of nitrogens with two attached hydrogens (primary N) is 1. The van der Waals surface area contributed by atoms with E-state index in [-0.39, 0.29) is 41.5 Å². The molecule has 1 saturated heterocycles. The van der Waals surface area contributed by atoms with Crippen molar-refractivity contribution in [2.45, 2.75) is 24.9 Å². The molecular formula is C22H23ClN6O6S2. The van der Waals surface area contributed by atoms with E-state index in [9.17, 15) is 14.4 Å². The molecule has 2 aromatic rings. The van der Waals surface area contributed by atoms with Crippen molar-refractivity contribution < 1.29 is 28.7 Å². The highest BCUT2D eigenvalue weighted by Gasteiger charge is 2.54. The van der Waals surface area contributed by atoms with Gasteiger partial charge in [0.2, 0.25) is 11.5 Å². The molecule has 0 radical (unpaired) electrons. The first-order valence-corrected chi connectivity index (χ1v) is 13.4. The molecule has 1 aromatic carbocycles. The van der Waals surface area contributed by atoms with Crippen LogP contribution >= 0.6 is 34.9 Å². The maximum Gasteiger partial charge on any atom is 0.355 e. The summed E-state index contributed by atoms with van der Waals surface area (Å²) in [6.07, 6.45) is 0. The van der Waals surface area contributed by atoms with Gasteiger partial charge in [-0.25, -0.2) is 4.79 Å². The normalized spacial score (nSPS) is 19.2. The lowest BCUT2D eigenvalue weighted by Crippen LogP contribution is -2.71. The van der Waals surface area contributed by atoms with E-state index >= 15 is 0 Å². The van der Waals surface area contributed by atoms with Gasteiger partial charge < -0.3 is 25.4 Å². The van der Waals surface area contributed by atoms with Gasteiger partial charge in [-0.15, -0.1) is 23.4 Å². The number of amides is 2. The number of carbonyl (C=O) groups excluding carboxylic acids is 3. The number of nitrogens with one attached hydrogen (secondary N) is 1. The lowest BCUT2D eigenvalue weighted by molar-refractivity contribution is -0.153. The number of anilines is 1. The molecule has 0 aliphatic carbocycles. The van der Waals surface area contributed by atoms with Crippen LogP contribution in [-0.2, 0) is 30.6 Å². The van der Waals surface area contributed by atoms with Gasteiger partial charge in [0.25, 0.3) is 11.8 Å². The van der Waals surface area contributed by atoms with E-state index < -0.39 is 29.2 Å². The van der Waals surface area contributed by atoms with Crippen LogP contribution in [0.5, 0.6) is 5.75 Å². The van der Waals surface area contributed by atoms with Gasteiger partial charge in [-0.1, -0.05) is 17.3 Å². The van der Waals surface area contributed by atoms with Crippen LogP contribution in [0.1, 0.15) is 18.3 Å². The average Bonchev–Trinajstić information content (AvgIpc) is 3.35. The zero-order valence-corrected chi connectivity index (χ0v) is 22.2. The lowest BCUT2D eigenvalue weighted by atomic mass is 10.0. The molecule has 1 fully saturated rings. The van der Waals surface area contributed by atoms with Gasteiger partial charge >= 0.3 is 5.97 Å². The van der Waals surface area contributed by atoms with E-state index in [0.29, 0.717) is 17.1 Å². The van der Waals surface area contributed by atoms with Gasteiger partial charge in [-0.2, -0.15) is 9.36 Å². The fourth-order valence-corrected chi connectivity index (χ4v) is 5.68. The largest absolute Gasteiger partial charge is 0.497 e. The molecule has 3 N–H and O–H groups in total. The Morgan fingerprint density at radius 2 is 2.08 bits per heavy atom. The number of methoxy groups -OCH3 is 1. The molecular weight excluding hydrogens is 544 g/mol. The van der Waals surface area contributed by atoms with Gasteiger partial charge in [-0.3, -0.25) is 14.5 Å². The molecule has 12 nitrogen and oxygen atoms in total. The number of esters is 1. The Kier molecular flexibility index (Phi) is 8.51. The van der Waals surface area contributed by atoms with Crippen molar-refractivity contribution >= 4 is 63.5 Å². The van der Waals surface area contributed by atoms with Crippen LogP contribution in [0.2, 0.25) is 0 Å². The Bertz CT molecular complexity index is 1250. The number of hydrogen-bond donors (Lipinski definition) is 2. The molecule has 37 heavy (non-hydrogen) atoms. The van der Waals surface area contributed by atoms with Gasteiger partial charge in [0.05, 0.1) is 7.11 Å². The summed E-state index contributed by atoms with van der Waals surface area (Å²) < 4.78 is 14.6. The van der Waals surface area contributed by atoms with Gasteiger partial charge in [0.1, 0.15) is 36.1 Å². The zero-order chi connectivity index (χ0) is 26.5. The molecule has 2 atom stereocenters. The standard InChI is InChI=1S/C22H23ClN6O6S2/c1-3-35-27-14(17-26-22(24)37-28-17)18(30)25-15-19(31)29-16(12(8-23)10-36-20(15)29)21(32)34-9-11-4-6-13(33-2)7-5-11/h4-7,15,20H,3,8-10H2,1-2H3,(H,25,30)(H2,24,26,28)/b27-14-/t15?,20-/m1/s1. The number of benzene rings is 1. The first-order chi connectivity index (χ1) is 17.9. The number of halogens is 1. The highest BCUT2D eigenvalue weighted by atomic mass is 35.5. The Morgan fingerprint density at radius 1 is 1.32 bits per heavy atom. The van der Waals surface area contributed by atoms with Crippen LogP contribution in [-0.4, -0.2) is 74.5 Å². The molecule has 2 aliphatic rings. The summed E-state index contributed by atoms with van der Waals surface area (Å²) in [4.78, 5) is 49.4. The predicted molar refractivity (Wildman–Crippen MR) is 138 cm³/mol. The van der Waals surface area contributed by atoms with Crippen LogP contribution in [0.15, 0.2) is 40.7 Å². The monoisotopic (exact) mass is 566 g/mol. The number of oxime groups is 1. The highest BCUT2D eigenvalue weighted by molar-refractivity contribution is 8.00. The van der Waals surface area contributed by atoms with Crippen molar-refractivity contribution in [3.8, 4) is 5.75 Å². The second-order valence-corrected chi connectivity index (χ2v) is 9.84. The Labute approximate surface area is 225 Å². The molecule has 2 aliphatic heterocycles. The Balaban J connectivity index is 1.46. The van der Waals surface area contributed by atoms with E-state index in [1.54, 1.807) is 38.3 Å². The molecule has 0 bridgehead atoms. The number of alkyl halides is 1. The maximum atomic E-state index is 13.1. The van der Waals surface area contributed by atoms with Crippen molar-refractivity contribution in [1.29, 1.82) is 0 Å². The highest BCUT2D eigenvalue weighted by Crippen LogP contribution is 2.41. The summed E-state index contributed by atoms with van der Waals surface area (Å²) in [5.41, 5.74) is 6.83. The van der Waals surface area contributed by atoms with Crippen LogP contribution in [0.4, 0.5) is 5.13 Å². The number of fused-ring (bicyclic) bond motifs is 1. The van der Waals surface area contributed by atoms with Crippen LogP contribution < -0.4 is 15.8 Å². The first kappa shape index (κ1) is 26.7. The lowest BCUT2D eigenvalue weighted by Gasteiger charge is -2.49. The number of nitrogens with zero attached hydrogens (tertiary/aromatic N) is 4. The first-order valence-electron chi connectivity index (χ1n) is 11.0. The van der Waals surface area contributed by atoms with Gasteiger partial charge in [0, 0.05) is 23.2 Å². The SMILES string of the molecule is CCO/N=C(\C(=O)NC1C(=O)N2C(C(=O)OCc3ccc(OC)cc3)=C(CCl)CS[C@H]12)c1nsc(N)n1. The van der Waals surface area contributed by atoms with Gasteiger partial charge in [0.15, 0.2) is 5.13 Å². The van der Waals surface area contributed by atoms with Crippen LogP contribution in [0, 0.1) is 0 Å². The third-order valence-corrected chi connectivity index (χ3v) is 7.58. The summed E-state index contributed by atoms with van der Waals surface area (Å²) in [5.74, 6) is -0.753. The number of thioether (sulfide) groups is 1. The summed E-state index contributed by atoms with van der Waals surface area (Å²) in [5, 5.41) is 6.05. The number of aromatic nitrogens is 2. The number of carbonyl (C=O) groups is 3. The minimum atomic E-state index is -0.915. The molecule has 0 spiro atoms. The second kappa shape index (κ2) is 11.8. The van der Waals surface area contributed by atoms with E-state index in [1.165, 1.54) is 16.7 Å². The quantitative estimate of drug-likeness (QED) is 0.142. The van der Waals surface area contributed by atoms with Crippen molar-refractivity contribution in [3.05, 3.63) is 46.9 Å². The van der Waals surface area contributed by atoms with Crippen LogP contribution in [0.25, 0.3) is 0 Å². The van der Waals surface area contributed by atoms with E-state index in [2.05, 4.69) is 19.8 Å². The topological polar surface area (TPSA) is 158 Å². The smallest absolute Gasteiger partial charge is 0.355 e. The minimum absolute atomic E-state index is 0.00290. The summed E-state index contributed by atoms with van der Waals surface area (Å²) in [6.45, 7) is 1.91. The fourth-order valence-electron chi connectivity index (χ4n) is 3.57. The van der Waals surface area contributed by atoms with Crippen molar-refractivity contribution in [2.75, 3.05) is 31.1 Å². The molecule has 4 rings (SSSR count). The predicted octanol–water partition coefficient (Wildman–Crippen LogP) is 1.51. The third kappa shape index (κ3) is 5.65. The summed E-state index contributed by atoms with van der Waals surface area (Å²) >= 11 is 8.35. The molecule has 15 heteroatoms. The van der Waals surface area contributed by atoms with Crippen molar-refractivity contribution in [3.63, 3.8) is 0 Å². The fraction of sp³-hybridized carbons (Fsp3) is 0.364. The van der Waals surface area contributed by atoms with Crippen molar-refractivity contribution in [2.24, 2.45) is 5.16 Å². The molecule has 1 aromatic heterocycles. The van der Waals surface area contributed by atoms with Crippen molar-refractivity contribution in [1.82, 2.24) is 19.6 Å². The molecule has 0 saturated carbocycles. The molecule has 3 heterocycles. The molecule has 1 unspecified atom stereocenters. The van der Waals surface area contributed by atoms with Crippen LogP contribution in [0.3, 0.4) is 0 Å². The summed E-state index contributed by atoms with van der Waals surface area (Å²) in [6, 6.07) is 6.14. The van der Waals surface area contributed by atoms with E-state index in [4.69, 9.17) is 31.6 Å². The summed E-state index contributed by atoms with van der Waals surface area (Å²) in [7, 11) is 1.56. The average molecular weight is 567 g/mol. The molecule has 196 valence electrons. The van der Waals surface area contributed by atoms with E-state index in [1.807, 2.05) is 0 Å². The Morgan fingerprint density at radius 3 is 2.70 bits per heavy atom. The molecule has 2 amide bonds.